The lowest BCUT2D eigenvalue weighted by atomic mass is 10.1. The lowest BCUT2D eigenvalue weighted by Crippen LogP contribution is -2.25. The zero-order chi connectivity index (χ0) is 12.4. The molecule has 3 nitrogen and oxygen atoms in total. The highest BCUT2D eigenvalue weighted by Crippen LogP contribution is 2.18. The molecule has 1 saturated heterocycles. The largest absolute Gasteiger partial charge is 0.326 e. The van der Waals surface area contributed by atoms with E-state index < -0.39 is 11.6 Å². The van der Waals surface area contributed by atoms with Crippen LogP contribution in [0, 0.1) is 17.6 Å². The average Bonchev–Trinajstić information content (AvgIpc) is 2.70. The first-order valence-corrected chi connectivity index (χ1v) is 5.50. The van der Waals surface area contributed by atoms with Gasteiger partial charge in [0.25, 0.3) is 0 Å². The van der Waals surface area contributed by atoms with Gasteiger partial charge in [-0.25, -0.2) is 8.78 Å². The summed E-state index contributed by atoms with van der Waals surface area (Å²) in [5.74, 6) is -2.08. The summed E-state index contributed by atoms with van der Waals surface area (Å²) in [6.45, 7) is 1.59. The molecule has 5 heteroatoms. The highest BCUT2D eigenvalue weighted by Gasteiger charge is 2.26. The molecule has 1 heterocycles. The minimum Gasteiger partial charge on any atom is -0.326 e. The lowest BCUT2D eigenvalue weighted by molar-refractivity contribution is -0.119. The number of hydrogen-bond donors (Lipinski definition) is 1. The number of anilines is 1. The third kappa shape index (κ3) is 2.79. The molecule has 0 spiro atoms. The summed E-state index contributed by atoms with van der Waals surface area (Å²) in [5.41, 5.74) is 0.295. The van der Waals surface area contributed by atoms with E-state index >= 15 is 0 Å². The van der Waals surface area contributed by atoms with Crippen LogP contribution in [-0.2, 0) is 4.79 Å². The Bertz CT molecular complexity index is 437. The van der Waals surface area contributed by atoms with Gasteiger partial charge in [0.05, 0.1) is 5.92 Å². The summed E-state index contributed by atoms with van der Waals surface area (Å²) in [7, 11) is 1.95. The van der Waals surface area contributed by atoms with E-state index in [1.807, 2.05) is 7.05 Å². The molecule has 1 aromatic carbocycles. The number of rotatable bonds is 2. The maximum Gasteiger partial charge on any atom is 0.228 e. The number of likely N-dealkylation sites (tertiary alicyclic amines) is 1. The number of nitrogens with zero attached hydrogens (tertiary/aromatic N) is 1. The summed E-state index contributed by atoms with van der Waals surface area (Å²) in [6.07, 6.45) is 0.798. The van der Waals surface area contributed by atoms with Gasteiger partial charge in [0.2, 0.25) is 5.91 Å². The predicted octanol–water partition coefficient (Wildman–Crippen LogP) is 1.86. The molecule has 1 aromatic rings. The molecule has 0 bridgehead atoms. The van der Waals surface area contributed by atoms with Crippen molar-refractivity contribution in [3.63, 3.8) is 0 Å². The first-order chi connectivity index (χ1) is 8.06. The van der Waals surface area contributed by atoms with Crippen LogP contribution >= 0.6 is 0 Å². The van der Waals surface area contributed by atoms with Crippen molar-refractivity contribution in [1.82, 2.24) is 4.90 Å². The number of nitrogens with one attached hydrogen (secondary N) is 1. The number of amides is 1. The molecular formula is C12H14F2N2O. The van der Waals surface area contributed by atoms with Gasteiger partial charge in [0, 0.05) is 18.3 Å². The van der Waals surface area contributed by atoms with E-state index in [9.17, 15) is 13.6 Å². The normalized spacial score (nSPS) is 20.5. The van der Waals surface area contributed by atoms with E-state index in [-0.39, 0.29) is 11.8 Å². The summed E-state index contributed by atoms with van der Waals surface area (Å²) < 4.78 is 25.6. The third-order valence-electron chi connectivity index (χ3n) is 2.95. The number of carbonyl (C=O) groups is 1. The van der Waals surface area contributed by atoms with Gasteiger partial charge in [-0.05, 0) is 32.1 Å². The van der Waals surface area contributed by atoms with Crippen molar-refractivity contribution >= 4 is 11.6 Å². The van der Waals surface area contributed by atoms with Crippen molar-refractivity contribution in [1.29, 1.82) is 0 Å². The van der Waals surface area contributed by atoms with Crippen molar-refractivity contribution in [3.8, 4) is 0 Å². The van der Waals surface area contributed by atoms with Gasteiger partial charge in [-0.15, -0.1) is 0 Å². The molecule has 1 unspecified atom stereocenters. The van der Waals surface area contributed by atoms with Gasteiger partial charge in [-0.2, -0.15) is 0 Å². The van der Waals surface area contributed by atoms with Gasteiger partial charge < -0.3 is 10.2 Å². The SMILES string of the molecule is CN1CCC(C(=O)Nc2ccc(F)c(F)c2)C1. The maximum absolute atomic E-state index is 12.9. The fourth-order valence-corrected chi connectivity index (χ4v) is 1.97. The highest BCUT2D eigenvalue weighted by molar-refractivity contribution is 5.92. The van der Waals surface area contributed by atoms with E-state index in [4.69, 9.17) is 0 Å². The van der Waals surface area contributed by atoms with E-state index in [2.05, 4.69) is 10.2 Å². The number of halogens is 2. The molecule has 1 atom stereocenters. The molecule has 17 heavy (non-hydrogen) atoms. The van der Waals surface area contributed by atoms with Gasteiger partial charge in [0.15, 0.2) is 11.6 Å². The molecule has 0 aliphatic carbocycles. The Labute approximate surface area is 98.4 Å². The van der Waals surface area contributed by atoms with Crippen LogP contribution in [0.2, 0.25) is 0 Å². The second-order valence-electron chi connectivity index (χ2n) is 4.37. The summed E-state index contributed by atoms with van der Waals surface area (Å²) in [5, 5.41) is 2.60. The van der Waals surface area contributed by atoms with Crippen LogP contribution in [0.15, 0.2) is 18.2 Å². The van der Waals surface area contributed by atoms with E-state index in [0.717, 1.165) is 25.1 Å². The summed E-state index contributed by atoms with van der Waals surface area (Å²) in [4.78, 5) is 13.9. The van der Waals surface area contributed by atoms with Crippen LogP contribution in [0.5, 0.6) is 0 Å². The first-order valence-electron chi connectivity index (χ1n) is 5.50. The Balaban J connectivity index is 2.00. The Morgan fingerprint density at radius 2 is 2.18 bits per heavy atom. The Kier molecular flexibility index (Phi) is 3.38. The zero-order valence-corrected chi connectivity index (χ0v) is 9.54. The third-order valence-corrected chi connectivity index (χ3v) is 2.95. The first kappa shape index (κ1) is 12.0. The molecule has 0 radical (unpaired) electrons. The molecule has 1 amide bonds. The van der Waals surface area contributed by atoms with E-state index in [1.165, 1.54) is 6.07 Å². The van der Waals surface area contributed by atoms with Crippen molar-refractivity contribution < 1.29 is 13.6 Å². The molecule has 1 aliphatic heterocycles. The second-order valence-corrected chi connectivity index (χ2v) is 4.37. The lowest BCUT2D eigenvalue weighted by Gasteiger charge is -2.11. The molecule has 1 fully saturated rings. The molecule has 0 aromatic heterocycles. The van der Waals surface area contributed by atoms with Crippen LogP contribution in [0.4, 0.5) is 14.5 Å². The smallest absolute Gasteiger partial charge is 0.228 e. The van der Waals surface area contributed by atoms with Crippen LogP contribution in [-0.4, -0.2) is 30.9 Å². The average molecular weight is 240 g/mol. The fraction of sp³-hybridized carbons (Fsp3) is 0.417. The van der Waals surface area contributed by atoms with E-state index in [1.54, 1.807) is 0 Å². The van der Waals surface area contributed by atoms with Crippen LogP contribution in [0.25, 0.3) is 0 Å². The topological polar surface area (TPSA) is 32.3 Å². The minimum absolute atomic E-state index is 0.0758. The van der Waals surface area contributed by atoms with Gasteiger partial charge >= 0.3 is 0 Å². The Morgan fingerprint density at radius 3 is 2.76 bits per heavy atom. The zero-order valence-electron chi connectivity index (χ0n) is 9.54. The van der Waals surface area contributed by atoms with Crippen molar-refractivity contribution in [3.05, 3.63) is 29.8 Å². The Hall–Kier alpha value is -1.49. The molecule has 2 rings (SSSR count). The number of benzene rings is 1. The van der Waals surface area contributed by atoms with E-state index in [0.29, 0.717) is 12.2 Å². The van der Waals surface area contributed by atoms with Crippen LogP contribution in [0.3, 0.4) is 0 Å². The van der Waals surface area contributed by atoms with Gasteiger partial charge in [-0.3, -0.25) is 4.79 Å². The van der Waals surface area contributed by atoms with Gasteiger partial charge in [0.1, 0.15) is 0 Å². The van der Waals surface area contributed by atoms with Crippen molar-refractivity contribution in [2.45, 2.75) is 6.42 Å². The summed E-state index contributed by atoms with van der Waals surface area (Å²) in [6, 6.07) is 3.35. The quantitative estimate of drug-likeness (QED) is 0.855. The molecule has 92 valence electrons. The number of carbonyl (C=O) groups excluding carboxylic acids is 1. The Morgan fingerprint density at radius 1 is 1.41 bits per heavy atom. The van der Waals surface area contributed by atoms with Gasteiger partial charge in [-0.1, -0.05) is 0 Å². The molecule has 0 saturated carbocycles. The highest BCUT2D eigenvalue weighted by atomic mass is 19.2. The molecule has 1 aliphatic rings. The minimum atomic E-state index is -0.952. The van der Waals surface area contributed by atoms with Crippen LogP contribution < -0.4 is 5.32 Å². The van der Waals surface area contributed by atoms with Crippen LogP contribution in [0.1, 0.15) is 6.42 Å². The number of hydrogen-bond acceptors (Lipinski definition) is 2. The molecular weight excluding hydrogens is 226 g/mol. The van der Waals surface area contributed by atoms with Crippen molar-refractivity contribution in [2.24, 2.45) is 5.92 Å². The van der Waals surface area contributed by atoms with Crippen molar-refractivity contribution in [2.75, 3.05) is 25.5 Å². The summed E-state index contributed by atoms with van der Waals surface area (Å²) >= 11 is 0. The molecule has 1 N–H and O–H groups in total. The fourth-order valence-electron chi connectivity index (χ4n) is 1.97. The standard InChI is InChI=1S/C12H14F2N2O/c1-16-5-4-8(7-16)12(17)15-9-2-3-10(13)11(14)6-9/h2-3,6,8H,4-5,7H2,1H3,(H,15,17). The predicted molar refractivity (Wildman–Crippen MR) is 60.6 cm³/mol. The monoisotopic (exact) mass is 240 g/mol. The maximum atomic E-state index is 12.9. The second kappa shape index (κ2) is 4.79.